The van der Waals surface area contributed by atoms with Gasteiger partial charge in [-0.2, -0.15) is 4.80 Å². The van der Waals surface area contributed by atoms with Gasteiger partial charge >= 0.3 is 0 Å². The van der Waals surface area contributed by atoms with Crippen LogP contribution in [0, 0.1) is 5.92 Å². The molecule has 0 aliphatic heterocycles. The van der Waals surface area contributed by atoms with Crippen LogP contribution in [-0.4, -0.2) is 32.8 Å². The van der Waals surface area contributed by atoms with Crippen LogP contribution in [-0.2, 0) is 13.5 Å². The number of hydrogen-bond donors (Lipinski definition) is 1. The number of hydrogen-bond acceptors (Lipinski definition) is 4. The lowest BCUT2D eigenvalue weighted by molar-refractivity contribution is 0.385. The molecule has 0 bridgehead atoms. The molecule has 0 aromatic carbocycles. The summed E-state index contributed by atoms with van der Waals surface area (Å²) in [6, 6.07) is 0.507. The van der Waals surface area contributed by atoms with Gasteiger partial charge in [0.2, 0.25) is 0 Å². The smallest absolute Gasteiger partial charge is 0.176 e. The zero-order chi connectivity index (χ0) is 12.1. The quantitative estimate of drug-likeness (QED) is 0.810. The van der Waals surface area contributed by atoms with Gasteiger partial charge in [-0.15, -0.1) is 10.2 Å². The number of nitrogens with one attached hydrogen (secondary N) is 1. The van der Waals surface area contributed by atoms with Crippen molar-refractivity contribution < 1.29 is 0 Å². The maximum absolute atomic E-state index is 4.26. The summed E-state index contributed by atoms with van der Waals surface area (Å²) >= 11 is 0. The van der Waals surface area contributed by atoms with Crippen molar-refractivity contribution in [2.45, 2.75) is 51.5 Å². The Morgan fingerprint density at radius 3 is 2.76 bits per heavy atom. The standard InChI is InChI=1S/C12H23N5/c1-3-13-11(8-10-6-4-5-7-10)9-12-14-16-17(2)15-12/h10-11,13H,3-9H2,1-2H3. The Hall–Kier alpha value is -0.970. The third-order valence-electron chi connectivity index (χ3n) is 3.56. The topological polar surface area (TPSA) is 55.6 Å². The van der Waals surface area contributed by atoms with E-state index in [4.69, 9.17) is 0 Å². The van der Waals surface area contributed by atoms with E-state index in [1.54, 1.807) is 0 Å². The summed E-state index contributed by atoms with van der Waals surface area (Å²) in [4.78, 5) is 1.54. The summed E-state index contributed by atoms with van der Waals surface area (Å²) in [5, 5.41) is 15.8. The van der Waals surface area contributed by atoms with Gasteiger partial charge in [0.05, 0.1) is 7.05 Å². The predicted octanol–water partition coefficient (Wildman–Crippen LogP) is 1.31. The lowest BCUT2D eigenvalue weighted by Crippen LogP contribution is -2.33. The highest BCUT2D eigenvalue weighted by molar-refractivity contribution is 4.86. The summed E-state index contributed by atoms with van der Waals surface area (Å²) < 4.78 is 0. The molecule has 1 unspecified atom stereocenters. The fourth-order valence-electron chi connectivity index (χ4n) is 2.80. The first kappa shape index (κ1) is 12.5. The molecule has 1 aliphatic carbocycles. The fourth-order valence-corrected chi connectivity index (χ4v) is 2.80. The van der Waals surface area contributed by atoms with Gasteiger partial charge in [-0.3, -0.25) is 0 Å². The van der Waals surface area contributed by atoms with E-state index in [0.717, 1.165) is 24.7 Å². The average Bonchev–Trinajstić information content (AvgIpc) is 2.91. The Balaban J connectivity index is 1.87. The van der Waals surface area contributed by atoms with Crippen LogP contribution >= 0.6 is 0 Å². The van der Waals surface area contributed by atoms with Crippen molar-refractivity contribution in [2.75, 3.05) is 6.54 Å². The molecule has 0 amide bonds. The molecule has 1 heterocycles. The van der Waals surface area contributed by atoms with Crippen LogP contribution < -0.4 is 5.32 Å². The maximum Gasteiger partial charge on any atom is 0.176 e. The van der Waals surface area contributed by atoms with Gasteiger partial charge < -0.3 is 5.32 Å². The summed E-state index contributed by atoms with van der Waals surface area (Å²) in [6.45, 7) is 3.17. The van der Waals surface area contributed by atoms with Crippen molar-refractivity contribution >= 4 is 0 Å². The second-order valence-electron chi connectivity index (χ2n) is 5.04. The monoisotopic (exact) mass is 237 g/mol. The van der Waals surface area contributed by atoms with Gasteiger partial charge in [-0.1, -0.05) is 32.6 Å². The minimum atomic E-state index is 0.507. The molecule has 2 rings (SSSR count). The third kappa shape index (κ3) is 3.77. The number of likely N-dealkylation sites (N-methyl/N-ethyl adjacent to an activating group) is 1. The summed E-state index contributed by atoms with van der Waals surface area (Å²) in [5.41, 5.74) is 0. The zero-order valence-electron chi connectivity index (χ0n) is 10.9. The van der Waals surface area contributed by atoms with E-state index in [1.165, 1.54) is 36.9 Å². The molecule has 1 aliphatic rings. The molecule has 1 aromatic heterocycles. The van der Waals surface area contributed by atoms with Gasteiger partial charge in [0, 0.05) is 12.5 Å². The molecule has 1 saturated carbocycles. The molecule has 5 heteroatoms. The maximum atomic E-state index is 4.26. The van der Waals surface area contributed by atoms with E-state index >= 15 is 0 Å². The van der Waals surface area contributed by atoms with Crippen LogP contribution in [0.4, 0.5) is 0 Å². The molecule has 96 valence electrons. The van der Waals surface area contributed by atoms with E-state index in [9.17, 15) is 0 Å². The van der Waals surface area contributed by atoms with Crippen LogP contribution in [0.3, 0.4) is 0 Å². The van der Waals surface area contributed by atoms with Crippen molar-refractivity contribution in [1.82, 2.24) is 25.5 Å². The fraction of sp³-hybridized carbons (Fsp3) is 0.917. The Bertz CT molecular complexity index is 329. The summed E-state index contributed by atoms with van der Waals surface area (Å²) in [5.74, 6) is 1.76. The minimum absolute atomic E-state index is 0.507. The van der Waals surface area contributed by atoms with Gasteiger partial charge in [-0.25, -0.2) is 0 Å². The van der Waals surface area contributed by atoms with Gasteiger partial charge in [0.1, 0.15) is 0 Å². The molecule has 17 heavy (non-hydrogen) atoms. The molecule has 1 N–H and O–H groups in total. The van der Waals surface area contributed by atoms with E-state index in [2.05, 4.69) is 27.7 Å². The highest BCUT2D eigenvalue weighted by Crippen LogP contribution is 2.29. The van der Waals surface area contributed by atoms with Gasteiger partial charge in [-0.05, 0) is 24.1 Å². The normalized spacial score (nSPS) is 18.7. The molecular formula is C12H23N5. The number of aryl methyl sites for hydroxylation is 1. The zero-order valence-corrected chi connectivity index (χ0v) is 10.9. The molecule has 0 saturated heterocycles. The number of nitrogens with zero attached hydrogens (tertiary/aromatic N) is 4. The first-order chi connectivity index (χ1) is 8.28. The lowest BCUT2D eigenvalue weighted by Gasteiger charge is -2.19. The van der Waals surface area contributed by atoms with Crippen LogP contribution in [0.15, 0.2) is 0 Å². The minimum Gasteiger partial charge on any atom is -0.314 e. The van der Waals surface area contributed by atoms with Crippen LogP contribution in [0.5, 0.6) is 0 Å². The summed E-state index contributed by atoms with van der Waals surface area (Å²) in [7, 11) is 1.82. The van der Waals surface area contributed by atoms with E-state index in [1.807, 2.05) is 7.05 Å². The Kier molecular flexibility index (Phi) is 4.48. The SMILES string of the molecule is CCNC(Cc1nnn(C)n1)CC1CCCC1. The van der Waals surface area contributed by atoms with E-state index < -0.39 is 0 Å². The molecule has 1 atom stereocenters. The Labute approximate surface area is 103 Å². The molecular weight excluding hydrogens is 214 g/mol. The van der Waals surface area contributed by atoms with Crippen molar-refractivity contribution in [2.24, 2.45) is 13.0 Å². The second kappa shape index (κ2) is 6.10. The first-order valence-corrected chi connectivity index (χ1v) is 6.74. The number of rotatable bonds is 6. The second-order valence-corrected chi connectivity index (χ2v) is 5.04. The molecule has 5 nitrogen and oxygen atoms in total. The number of aromatic nitrogens is 4. The Morgan fingerprint density at radius 1 is 1.41 bits per heavy atom. The lowest BCUT2D eigenvalue weighted by atomic mass is 9.96. The van der Waals surface area contributed by atoms with Crippen LogP contribution in [0.2, 0.25) is 0 Å². The van der Waals surface area contributed by atoms with Gasteiger partial charge in [0.25, 0.3) is 0 Å². The predicted molar refractivity (Wildman–Crippen MR) is 66.5 cm³/mol. The molecule has 1 fully saturated rings. The molecule has 0 spiro atoms. The van der Waals surface area contributed by atoms with Crippen molar-refractivity contribution in [3.05, 3.63) is 5.82 Å². The van der Waals surface area contributed by atoms with Crippen molar-refractivity contribution in [3.8, 4) is 0 Å². The largest absolute Gasteiger partial charge is 0.314 e. The number of tetrazole rings is 1. The summed E-state index contributed by atoms with van der Waals surface area (Å²) in [6.07, 6.45) is 7.77. The van der Waals surface area contributed by atoms with Crippen molar-refractivity contribution in [3.63, 3.8) is 0 Å². The van der Waals surface area contributed by atoms with Crippen LogP contribution in [0.1, 0.15) is 44.9 Å². The van der Waals surface area contributed by atoms with Gasteiger partial charge in [0.15, 0.2) is 5.82 Å². The van der Waals surface area contributed by atoms with E-state index in [0.29, 0.717) is 6.04 Å². The average molecular weight is 237 g/mol. The molecule has 1 aromatic rings. The third-order valence-corrected chi connectivity index (χ3v) is 3.56. The van der Waals surface area contributed by atoms with E-state index in [-0.39, 0.29) is 0 Å². The Morgan fingerprint density at radius 2 is 2.18 bits per heavy atom. The molecule has 0 radical (unpaired) electrons. The highest BCUT2D eigenvalue weighted by atomic mass is 15.6. The van der Waals surface area contributed by atoms with Crippen molar-refractivity contribution in [1.29, 1.82) is 0 Å². The highest BCUT2D eigenvalue weighted by Gasteiger charge is 2.21. The first-order valence-electron chi connectivity index (χ1n) is 6.74. The van der Waals surface area contributed by atoms with Crippen LogP contribution in [0.25, 0.3) is 0 Å².